The average Bonchev–Trinajstić information content (AvgIpc) is 3.40. The Bertz CT molecular complexity index is 1340. The molecule has 1 atom stereocenters. The third-order valence-electron chi connectivity index (χ3n) is 6.62. The van der Waals surface area contributed by atoms with Gasteiger partial charge in [-0.15, -0.1) is 0 Å². The summed E-state index contributed by atoms with van der Waals surface area (Å²) in [5.74, 6) is 7.14. The number of benzene rings is 2. The topological polar surface area (TPSA) is 56.1 Å². The first-order chi connectivity index (χ1) is 15.2. The molecule has 4 nitrogen and oxygen atoms in total. The summed E-state index contributed by atoms with van der Waals surface area (Å²) < 4.78 is 8.69. The summed E-state index contributed by atoms with van der Waals surface area (Å²) >= 11 is 0. The number of para-hydroxylation sites is 1. The standard InChI is InChI=1S/C27H25N3O/c1-17-6-4-8-18-12-13-23-22(27(17)18)16-24(26-14-19-7-2-3-11-25(19)31-26)30(23)21-10-5-9-20(15-21)29-28/h2-5,7-11,14-17,29H,6,12-13,28H2,1H3. The molecule has 1 unspecified atom stereocenters. The van der Waals surface area contributed by atoms with Gasteiger partial charge in [0.25, 0.3) is 0 Å². The second-order valence-corrected chi connectivity index (χ2v) is 8.55. The Morgan fingerprint density at radius 2 is 1.94 bits per heavy atom. The summed E-state index contributed by atoms with van der Waals surface area (Å²) in [4.78, 5) is 0. The maximum atomic E-state index is 6.32. The van der Waals surface area contributed by atoms with Gasteiger partial charge in [-0.05, 0) is 72.7 Å². The van der Waals surface area contributed by atoms with Crippen LogP contribution < -0.4 is 11.3 Å². The minimum atomic E-state index is 0.524. The fourth-order valence-corrected chi connectivity index (χ4v) is 5.20. The van der Waals surface area contributed by atoms with Crippen molar-refractivity contribution in [2.75, 3.05) is 5.43 Å². The van der Waals surface area contributed by atoms with E-state index in [9.17, 15) is 0 Å². The Morgan fingerprint density at radius 3 is 2.81 bits per heavy atom. The maximum absolute atomic E-state index is 6.32. The van der Waals surface area contributed by atoms with E-state index >= 15 is 0 Å². The van der Waals surface area contributed by atoms with E-state index in [0.717, 1.165) is 53.1 Å². The molecule has 2 aliphatic rings. The van der Waals surface area contributed by atoms with Crippen LogP contribution in [0.25, 0.3) is 33.7 Å². The van der Waals surface area contributed by atoms with E-state index in [1.807, 2.05) is 24.3 Å². The molecular weight excluding hydrogens is 382 g/mol. The van der Waals surface area contributed by atoms with Crippen LogP contribution in [0.5, 0.6) is 0 Å². The number of allylic oxidation sites excluding steroid dienone is 4. The largest absolute Gasteiger partial charge is 0.455 e. The smallest absolute Gasteiger partial charge is 0.152 e. The molecule has 2 aromatic heterocycles. The number of furan rings is 1. The highest BCUT2D eigenvalue weighted by molar-refractivity contribution is 5.85. The van der Waals surface area contributed by atoms with Crippen LogP contribution in [0.1, 0.15) is 31.0 Å². The van der Waals surface area contributed by atoms with Gasteiger partial charge < -0.3 is 14.4 Å². The molecule has 0 amide bonds. The lowest BCUT2D eigenvalue weighted by atomic mass is 9.78. The lowest BCUT2D eigenvalue weighted by Gasteiger charge is -2.27. The summed E-state index contributed by atoms with van der Waals surface area (Å²) in [7, 11) is 0. The number of rotatable bonds is 3. The van der Waals surface area contributed by atoms with Crippen molar-refractivity contribution in [3.63, 3.8) is 0 Å². The fraction of sp³-hybridized carbons (Fsp3) is 0.185. The van der Waals surface area contributed by atoms with Crippen molar-refractivity contribution >= 4 is 22.2 Å². The molecule has 0 fully saturated rings. The molecule has 0 bridgehead atoms. The van der Waals surface area contributed by atoms with Gasteiger partial charge in [0, 0.05) is 22.3 Å². The molecule has 6 rings (SSSR count). The van der Waals surface area contributed by atoms with Crippen molar-refractivity contribution < 1.29 is 4.42 Å². The van der Waals surface area contributed by atoms with Crippen LogP contribution >= 0.6 is 0 Å². The summed E-state index contributed by atoms with van der Waals surface area (Å²) in [6, 6.07) is 20.9. The third-order valence-corrected chi connectivity index (χ3v) is 6.62. The van der Waals surface area contributed by atoms with E-state index in [0.29, 0.717) is 5.92 Å². The first-order valence-electron chi connectivity index (χ1n) is 10.9. The number of hydrogen-bond acceptors (Lipinski definition) is 3. The molecule has 2 aromatic carbocycles. The molecule has 3 N–H and O–H groups in total. The molecule has 2 heterocycles. The number of nitrogens with one attached hydrogen (secondary N) is 1. The average molecular weight is 408 g/mol. The highest BCUT2D eigenvalue weighted by atomic mass is 16.3. The molecule has 0 saturated heterocycles. The van der Waals surface area contributed by atoms with Crippen molar-refractivity contribution in [3.8, 4) is 17.1 Å². The van der Waals surface area contributed by atoms with E-state index in [2.05, 4.69) is 65.5 Å². The summed E-state index contributed by atoms with van der Waals surface area (Å²) in [6.07, 6.45) is 7.82. The van der Waals surface area contributed by atoms with Gasteiger partial charge in [-0.3, -0.25) is 5.84 Å². The predicted molar refractivity (Wildman–Crippen MR) is 127 cm³/mol. The van der Waals surface area contributed by atoms with E-state index in [1.54, 1.807) is 0 Å². The van der Waals surface area contributed by atoms with Gasteiger partial charge in [-0.1, -0.05) is 43.3 Å². The molecular formula is C27H25N3O. The molecule has 0 saturated carbocycles. The van der Waals surface area contributed by atoms with Crippen LogP contribution in [0.4, 0.5) is 5.69 Å². The van der Waals surface area contributed by atoms with Gasteiger partial charge in [-0.25, -0.2) is 0 Å². The Morgan fingerprint density at radius 1 is 1.03 bits per heavy atom. The number of anilines is 1. The second kappa shape index (κ2) is 7.03. The zero-order valence-corrected chi connectivity index (χ0v) is 17.6. The van der Waals surface area contributed by atoms with E-state index in [4.69, 9.17) is 10.3 Å². The molecule has 4 heteroatoms. The molecule has 154 valence electrons. The molecule has 4 aromatic rings. The molecule has 2 aliphatic carbocycles. The third kappa shape index (κ3) is 2.87. The lowest BCUT2D eigenvalue weighted by molar-refractivity contribution is 0.625. The monoisotopic (exact) mass is 407 g/mol. The summed E-state index contributed by atoms with van der Waals surface area (Å²) in [5, 5.41) is 1.12. The number of hydrogen-bond donors (Lipinski definition) is 2. The van der Waals surface area contributed by atoms with Gasteiger partial charge >= 0.3 is 0 Å². The number of nitrogen functional groups attached to an aromatic ring is 1. The first kappa shape index (κ1) is 18.3. The zero-order chi connectivity index (χ0) is 20.9. The number of nitrogens with zero attached hydrogens (tertiary/aromatic N) is 1. The zero-order valence-electron chi connectivity index (χ0n) is 17.6. The summed E-state index contributed by atoms with van der Waals surface area (Å²) in [5.41, 5.74) is 12.5. The Kier molecular flexibility index (Phi) is 4.15. The summed E-state index contributed by atoms with van der Waals surface area (Å²) in [6.45, 7) is 2.34. The Balaban J connectivity index is 1.63. The molecule has 0 aliphatic heterocycles. The lowest BCUT2D eigenvalue weighted by Crippen LogP contribution is -2.14. The number of nitrogens with two attached hydrogens (primary N) is 1. The van der Waals surface area contributed by atoms with Crippen molar-refractivity contribution in [2.45, 2.75) is 26.2 Å². The Hall–Kier alpha value is -3.50. The quantitative estimate of drug-likeness (QED) is 0.302. The predicted octanol–water partition coefficient (Wildman–Crippen LogP) is 6.47. The van der Waals surface area contributed by atoms with Crippen LogP contribution in [-0.2, 0) is 6.42 Å². The van der Waals surface area contributed by atoms with Crippen LogP contribution in [0.2, 0.25) is 0 Å². The molecule has 0 radical (unpaired) electrons. The minimum Gasteiger partial charge on any atom is -0.455 e. The highest BCUT2D eigenvalue weighted by Crippen LogP contribution is 2.45. The maximum Gasteiger partial charge on any atom is 0.152 e. The van der Waals surface area contributed by atoms with Gasteiger partial charge in [0.05, 0.1) is 11.4 Å². The van der Waals surface area contributed by atoms with Crippen LogP contribution in [-0.4, -0.2) is 4.57 Å². The van der Waals surface area contributed by atoms with Gasteiger partial charge in [0.15, 0.2) is 5.76 Å². The number of aromatic nitrogens is 1. The first-order valence-corrected chi connectivity index (χ1v) is 10.9. The number of hydrazine groups is 1. The second-order valence-electron chi connectivity index (χ2n) is 8.55. The van der Waals surface area contributed by atoms with Crippen molar-refractivity contribution in [1.82, 2.24) is 4.57 Å². The van der Waals surface area contributed by atoms with Gasteiger partial charge in [0.1, 0.15) is 5.58 Å². The Labute approximate surface area is 181 Å². The van der Waals surface area contributed by atoms with Crippen molar-refractivity contribution in [3.05, 3.63) is 89.6 Å². The molecule has 31 heavy (non-hydrogen) atoms. The van der Waals surface area contributed by atoms with Crippen LogP contribution in [0.3, 0.4) is 0 Å². The van der Waals surface area contributed by atoms with Gasteiger partial charge in [-0.2, -0.15) is 0 Å². The minimum absolute atomic E-state index is 0.524. The highest BCUT2D eigenvalue weighted by Gasteiger charge is 2.29. The van der Waals surface area contributed by atoms with Crippen LogP contribution in [0, 0.1) is 5.92 Å². The van der Waals surface area contributed by atoms with Crippen molar-refractivity contribution in [2.24, 2.45) is 11.8 Å². The van der Waals surface area contributed by atoms with Crippen LogP contribution in [0.15, 0.2) is 82.8 Å². The van der Waals surface area contributed by atoms with E-state index in [-0.39, 0.29) is 0 Å². The normalized spacial score (nSPS) is 17.7. The molecule has 0 spiro atoms. The van der Waals surface area contributed by atoms with Crippen molar-refractivity contribution in [1.29, 1.82) is 0 Å². The fourth-order valence-electron chi connectivity index (χ4n) is 5.20. The van der Waals surface area contributed by atoms with E-state index in [1.165, 1.54) is 22.4 Å². The number of fused-ring (bicyclic) bond motifs is 3. The van der Waals surface area contributed by atoms with Gasteiger partial charge in [0.2, 0.25) is 0 Å². The SMILES string of the molecule is CC1CC=CC2=C1c1cc(-c3cc4ccccc4o3)n(-c3cccc(NN)c3)c1CC2. The van der Waals surface area contributed by atoms with E-state index < -0.39 is 0 Å².